The molecule has 2 heterocycles. The van der Waals surface area contributed by atoms with Crippen molar-refractivity contribution in [3.8, 4) is 0 Å². The van der Waals surface area contributed by atoms with E-state index in [0.29, 0.717) is 0 Å². The molecular weight excluding hydrogens is 242 g/mol. The van der Waals surface area contributed by atoms with Gasteiger partial charge in [0.2, 0.25) is 6.23 Å². The van der Waals surface area contributed by atoms with Crippen LogP contribution in [0.1, 0.15) is 6.23 Å². The molecule has 1 saturated heterocycles. The zero-order valence-corrected chi connectivity index (χ0v) is 9.72. The lowest BCUT2D eigenvalue weighted by molar-refractivity contribution is -0.671. The van der Waals surface area contributed by atoms with Crippen molar-refractivity contribution in [1.29, 1.82) is 0 Å². The molecule has 8 heteroatoms. The molecule has 0 aromatic carbocycles. The third-order valence-electron chi connectivity index (χ3n) is 2.81. The SMILES string of the molecule is C=C[C@H]1O[C@@H](n2ccc(=O)[nH][n+]2=O)C(OC)C1O. The smallest absolute Gasteiger partial charge is 0.307 e. The molecule has 8 nitrogen and oxygen atoms in total. The summed E-state index contributed by atoms with van der Waals surface area (Å²) in [5.74, 6) is 0. The lowest BCUT2D eigenvalue weighted by Crippen LogP contribution is -2.44. The highest BCUT2D eigenvalue weighted by atomic mass is 16.6. The normalized spacial score (nSPS) is 31.4. The fourth-order valence-electron chi connectivity index (χ4n) is 1.92. The number of aromatic nitrogens is 3. The second-order valence-corrected chi connectivity index (χ2v) is 3.86. The van der Waals surface area contributed by atoms with Crippen molar-refractivity contribution in [2.45, 2.75) is 24.5 Å². The van der Waals surface area contributed by atoms with E-state index in [4.69, 9.17) is 9.47 Å². The Kier molecular flexibility index (Phi) is 3.41. The van der Waals surface area contributed by atoms with Gasteiger partial charge in [-0.3, -0.25) is 4.79 Å². The monoisotopic (exact) mass is 256 g/mol. The lowest BCUT2D eigenvalue weighted by Gasteiger charge is -2.15. The van der Waals surface area contributed by atoms with Crippen molar-refractivity contribution in [3.05, 3.63) is 40.2 Å². The average Bonchev–Trinajstić information content (AvgIpc) is 2.65. The summed E-state index contributed by atoms with van der Waals surface area (Å²) in [6, 6.07) is 1.18. The first-order valence-corrected chi connectivity index (χ1v) is 5.31. The van der Waals surface area contributed by atoms with Gasteiger partial charge in [0.15, 0.2) is 0 Å². The van der Waals surface area contributed by atoms with E-state index in [1.165, 1.54) is 25.4 Å². The second-order valence-electron chi connectivity index (χ2n) is 3.86. The highest BCUT2D eigenvalue weighted by Gasteiger charge is 2.46. The van der Waals surface area contributed by atoms with Gasteiger partial charge in [0, 0.05) is 13.2 Å². The van der Waals surface area contributed by atoms with Crippen molar-refractivity contribution in [1.82, 2.24) is 9.78 Å². The molecule has 18 heavy (non-hydrogen) atoms. The molecule has 1 aromatic heterocycles. The number of ether oxygens (including phenoxy) is 2. The molecule has 1 aliphatic rings. The van der Waals surface area contributed by atoms with Crippen LogP contribution in [0.5, 0.6) is 0 Å². The molecule has 2 unspecified atom stereocenters. The van der Waals surface area contributed by atoms with Gasteiger partial charge in [0.05, 0.1) is 11.1 Å². The number of rotatable bonds is 3. The summed E-state index contributed by atoms with van der Waals surface area (Å²) in [6.45, 7) is 3.53. The van der Waals surface area contributed by atoms with E-state index in [0.717, 1.165) is 4.68 Å². The van der Waals surface area contributed by atoms with Crippen LogP contribution < -0.4 is 10.2 Å². The molecule has 2 rings (SSSR count). The van der Waals surface area contributed by atoms with Crippen LogP contribution in [0.3, 0.4) is 0 Å². The Balaban J connectivity index is 2.40. The van der Waals surface area contributed by atoms with E-state index in [1.54, 1.807) is 0 Å². The molecule has 0 saturated carbocycles. The maximum Gasteiger partial charge on any atom is 0.307 e. The Morgan fingerprint density at radius 3 is 3.00 bits per heavy atom. The molecule has 98 valence electrons. The van der Waals surface area contributed by atoms with E-state index >= 15 is 0 Å². The van der Waals surface area contributed by atoms with Crippen LogP contribution in [0.2, 0.25) is 0 Å². The van der Waals surface area contributed by atoms with Gasteiger partial charge in [-0.1, -0.05) is 10.8 Å². The van der Waals surface area contributed by atoms with Gasteiger partial charge in [-0.05, 0) is 5.10 Å². The Labute approximate surface area is 102 Å². The number of aliphatic hydroxyl groups excluding tert-OH is 1. The highest BCUT2D eigenvalue weighted by Crippen LogP contribution is 2.30. The zero-order chi connectivity index (χ0) is 13.3. The largest absolute Gasteiger partial charge is 0.387 e. The molecule has 1 fully saturated rings. The summed E-state index contributed by atoms with van der Waals surface area (Å²) in [4.78, 5) is 22.5. The molecule has 0 bridgehead atoms. The first-order chi connectivity index (χ1) is 8.58. The summed E-state index contributed by atoms with van der Waals surface area (Å²) in [5, 5.41) is 11.9. The molecule has 0 spiro atoms. The number of nitrogens with zero attached hydrogens (tertiary/aromatic N) is 2. The number of hydrogen-bond donors (Lipinski definition) is 2. The van der Waals surface area contributed by atoms with Gasteiger partial charge in [-0.15, -0.1) is 6.58 Å². The molecule has 0 radical (unpaired) electrons. The van der Waals surface area contributed by atoms with E-state index in [9.17, 15) is 14.8 Å². The molecular formula is C10H14N3O5+. The maximum absolute atomic E-state index is 11.6. The number of H-pyrrole nitrogens is 1. The molecule has 1 aliphatic heterocycles. The van der Waals surface area contributed by atoms with Crippen molar-refractivity contribution >= 4 is 0 Å². The maximum atomic E-state index is 11.6. The van der Waals surface area contributed by atoms with Gasteiger partial charge in [-0.2, -0.15) is 0 Å². The van der Waals surface area contributed by atoms with Gasteiger partial charge >= 0.3 is 5.56 Å². The van der Waals surface area contributed by atoms with Crippen molar-refractivity contribution < 1.29 is 19.2 Å². The summed E-state index contributed by atoms with van der Waals surface area (Å²) in [5.41, 5.74) is -0.533. The second kappa shape index (κ2) is 4.84. The molecule has 2 N–H and O–H groups in total. The molecule has 4 atom stereocenters. The first kappa shape index (κ1) is 12.7. The summed E-state index contributed by atoms with van der Waals surface area (Å²) >= 11 is 0. The average molecular weight is 256 g/mol. The van der Waals surface area contributed by atoms with Crippen LogP contribution in [-0.2, 0) is 9.47 Å². The number of aromatic amines is 1. The topological polar surface area (TPSA) is 99.5 Å². The van der Waals surface area contributed by atoms with Gasteiger partial charge in [0.25, 0.3) is 4.66 Å². The van der Waals surface area contributed by atoms with Crippen LogP contribution in [-0.4, -0.2) is 40.3 Å². The third-order valence-corrected chi connectivity index (χ3v) is 2.81. The fraction of sp³-hybridized carbons (Fsp3) is 0.500. The predicted molar refractivity (Wildman–Crippen MR) is 59.3 cm³/mol. The van der Waals surface area contributed by atoms with E-state index < -0.39 is 30.1 Å². The van der Waals surface area contributed by atoms with E-state index in [1.807, 2.05) is 5.10 Å². The Morgan fingerprint density at radius 2 is 2.44 bits per heavy atom. The molecule has 0 aliphatic carbocycles. The van der Waals surface area contributed by atoms with Crippen molar-refractivity contribution in [2.24, 2.45) is 0 Å². The number of aliphatic hydroxyl groups is 1. The van der Waals surface area contributed by atoms with Crippen LogP contribution >= 0.6 is 0 Å². The molecule has 1 aromatic rings. The van der Waals surface area contributed by atoms with Crippen molar-refractivity contribution in [3.63, 3.8) is 0 Å². The predicted octanol–water partition coefficient (Wildman–Crippen LogP) is -1.45. The van der Waals surface area contributed by atoms with E-state index in [2.05, 4.69) is 6.58 Å². The number of methoxy groups -OCH3 is 1. The fourth-order valence-corrected chi connectivity index (χ4v) is 1.92. The minimum Gasteiger partial charge on any atom is -0.387 e. The Bertz CT molecular complexity index is 551. The standard InChI is InChI=1S/C10H13N3O5/c1-3-6-8(15)9(17-2)10(18-6)12-5-4-7(14)11-13(12)16/h3-6,8-10,15H,1H2,2H3/p+1/t6-,8?,9?,10-/m1/s1. The van der Waals surface area contributed by atoms with Gasteiger partial charge in [0.1, 0.15) is 18.3 Å². The van der Waals surface area contributed by atoms with Crippen LogP contribution in [0, 0.1) is 4.91 Å². The summed E-state index contributed by atoms with van der Waals surface area (Å²) in [6.07, 6.45) is -0.457. The highest BCUT2D eigenvalue weighted by molar-refractivity contribution is 4.97. The number of nitrogens with one attached hydrogen (secondary N) is 1. The van der Waals surface area contributed by atoms with Crippen molar-refractivity contribution in [2.75, 3.05) is 7.11 Å². The van der Waals surface area contributed by atoms with Crippen LogP contribution in [0.15, 0.2) is 29.7 Å². The Hall–Kier alpha value is -1.77. The van der Waals surface area contributed by atoms with Crippen LogP contribution in [0.4, 0.5) is 0 Å². The van der Waals surface area contributed by atoms with Crippen LogP contribution in [0.25, 0.3) is 0 Å². The minimum atomic E-state index is -0.933. The third kappa shape index (κ3) is 2.01. The summed E-state index contributed by atoms with van der Waals surface area (Å²) < 4.78 is 11.9. The minimum absolute atomic E-state index is 0.233. The van der Waals surface area contributed by atoms with Gasteiger partial charge in [-0.25, -0.2) is 0 Å². The quantitative estimate of drug-likeness (QED) is 0.509. The van der Waals surface area contributed by atoms with Gasteiger partial charge < -0.3 is 14.6 Å². The summed E-state index contributed by atoms with van der Waals surface area (Å²) in [7, 11) is 1.40. The number of hydrogen-bond acceptors (Lipinski definition) is 5. The molecule has 0 amide bonds. The Morgan fingerprint density at radius 1 is 1.72 bits per heavy atom. The lowest BCUT2D eigenvalue weighted by atomic mass is 10.1. The first-order valence-electron chi connectivity index (χ1n) is 5.31. The zero-order valence-electron chi connectivity index (χ0n) is 9.72. The van der Waals surface area contributed by atoms with E-state index in [-0.39, 0.29) is 4.66 Å².